The zero-order chi connectivity index (χ0) is 27.5. The lowest BCUT2D eigenvalue weighted by molar-refractivity contribution is -0.121. The van der Waals surface area contributed by atoms with Crippen molar-refractivity contribution in [2.75, 3.05) is 13.2 Å². The summed E-state index contributed by atoms with van der Waals surface area (Å²) >= 11 is 1.07. The maximum Gasteiger partial charge on any atom is 0.186 e. The summed E-state index contributed by atoms with van der Waals surface area (Å²) in [7, 11) is 0. The lowest BCUT2D eigenvalue weighted by Crippen LogP contribution is -2.16. The molecule has 1 unspecified atom stereocenters. The van der Waals surface area contributed by atoms with Crippen molar-refractivity contribution in [2.45, 2.75) is 59.1 Å². The van der Waals surface area contributed by atoms with Crippen molar-refractivity contribution in [2.24, 2.45) is 5.92 Å². The van der Waals surface area contributed by atoms with Crippen molar-refractivity contribution in [1.29, 1.82) is 0 Å². The Morgan fingerprint density at radius 1 is 0.842 bits per heavy atom. The second kappa shape index (κ2) is 14.6. The van der Waals surface area contributed by atoms with E-state index in [-0.39, 0.29) is 16.8 Å². The molecule has 0 heterocycles. The van der Waals surface area contributed by atoms with Gasteiger partial charge in [0.05, 0.1) is 18.5 Å². The average Bonchev–Trinajstić information content (AvgIpc) is 2.89. The highest BCUT2D eigenvalue weighted by molar-refractivity contribution is 8.14. The molecule has 3 rings (SSSR count). The Balaban J connectivity index is 1.50. The molecule has 0 aliphatic rings. The minimum Gasteiger partial charge on any atom is -0.493 e. The topological polar surface area (TPSA) is 61.8 Å². The molecule has 3 aromatic rings. The average molecular weight is 535 g/mol. The zero-order valence-electron chi connectivity index (χ0n) is 23.0. The van der Waals surface area contributed by atoms with Crippen LogP contribution in [0.4, 0.5) is 0 Å². The lowest BCUT2D eigenvalue weighted by Gasteiger charge is -2.17. The normalized spacial score (nSPS) is 11.7. The third-order valence-electron chi connectivity index (χ3n) is 5.92. The van der Waals surface area contributed by atoms with Gasteiger partial charge in [-0.25, -0.2) is 0 Å². The first-order chi connectivity index (χ1) is 18.3. The fourth-order valence-electron chi connectivity index (χ4n) is 3.90. The number of carbonyl (C=O) groups is 2. The summed E-state index contributed by atoms with van der Waals surface area (Å²) in [6.07, 6.45) is 2.65. The molecule has 0 saturated carbocycles. The third-order valence-corrected chi connectivity index (χ3v) is 6.99. The zero-order valence-corrected chi connectivity index (χ0v) is 23.8. The van der Waals surface area contributed by atoms with Crippen LogP contribution in [0, 0.1) is 12.8 Å². The van der Waals surface area contributed by atoms with Crippen molar-refractivity contribution in [3.8, 4) is 23.0 Å². The lowest BCUT2D eigenvalue weighted by atomic mass is 10.0. The van der Waals surface area contributed by atoms with Gasteiger partial charge in [0, 0.05) is 19.3 Å². The fourth-order valence-corrected chi connectivity index (χ4v) is 4.91. The van der Waals surface area contributed by atoms with Crippen molar-refractivity contribution in [1.82, 2.24) is 0 Å². The predicted molar refractivity (Wildman–Crippen MR) is 155 cm³/mol. The van der Waals surface area contributed by atoms with E-state index >= 15 is 0 Å². The number of thioether (sulfide) groups is 1. The smallest absolute Gasteiger partial charge is 0.186 e. The Morgan fingerprint density at radius 2 is 1.47 bits per heavy atom. The van der Waals surface area contributed by atoms with Gasteiger partial charge in [0.15, 0.2) is 10.9 Å². The van der Waals surface area contributed by atoms with Gasteiger partial charge in [0.2, 0.25) is 0 Å². The van der Waals surface area contributed by atoms with Crippen LogP contribution in [0.2, 0.25) is 0 Å². The van der Waals surface area contributed by atoms with Crippen LogP contribution in [0.1, 0.15) is 62.5 Å². The van der Waals surface area contributed by atoms with E-state index in [0.717, 1.165) is 65.1 Å². The molecule has 38 heavy (non-hydrogen) atoms. The molecular formula is C32H38O5S. The molecule has 0 saturated heterocycles. The van der Waals surface area contributed by atoms with E-state index in [0.29, 0.717) is 13.2 Å². The highest BCUT2D eigenvalue weighted by Gasteiger charge is 2.25. The summed E-state index contributed by atoms with van der Waals surface area (Å²) in [5, 5.41) is -0.555. The van der Waals surface area contributed by atoms with E-state index in [1.807, 2.05) is 74.5 Å². The first-order valence-corrected chi connectivity index (χ1v) is 14.1. The highest BCUT2D eigenvalue weighted by atomic mass is 32.2. The second-order valence-electron chi connectivity index (χ2n) is 9.60. The predicted octanol–water partition coefficient (Wildman–Crippen LogP) is 8.13. The molecule has 0 N–H and O–H groups in total. The van der Waals surface area contributed by atoms with E-state index in [1.54, 1.807) is 0 Å². The maximum atomic E-state index is 12.6. The number of hydrogen-bond donors (Lipinski definition) is 0. The quantitative estimate of drug-likeness (QED) is 0.195. The molecule has 0 aliphatic heterocycles. The van der Waals surface area contributed by atoms with Crippen LogP contribution in [-0.4, -0.2) is 24.1 Å². The largest absolute Gasteiger partial charge is 0.493 e. The summed E-state index contributed by atoms with van der Waals surface area (Å²) in [4.78, 5) is 24.2. The van der Waals surface area contributed by atoms with Gasteiger partial charge >= 0.3 is 0 Å². The van der Waals surface area contributed by atoms with Gasteiger partial charge in [0.1, 0.15) is 23.0 Å². The van der Waals surface area contributed by atoms with Crippen LogP contribution < -0.4 is 14.2 Å². The minimum atomic E-state index is -0.485. The molecule has 1 atom stereocenters. The van der Waals surface area contributed by atoms with Crippen LogP contribution in [0.5, 0.6) is 23.0 Å². The van der Waals surface area contributed by atoms with Crippen LogP contribution >= 0.6 is 11.8 Å². The van der Waals surface area contributed by atoms with Crippen molar-refractivity contribution < 1.29 is 23.8 Å². The molecule has 0 amide bonds. The van der Waals surface area contributed by atoms with Gasteiger partial charge in [-0.2, -0.15) is 0 Å². The molecule has 5 nitrogen and oxygen atoms in total. The molecule has 0 bridgehead atoms. The molecule has 0 aromatic heterocycles. The molecule has 3 aromatic carbocycles. The first-order valence-electron chi connectivity index (χ1n) is 13.2. The van der Waals surface area contributed by atoms with E-state index in [1.165, 1.54) is 12.5 Å². The number of aryl methyl sites for hydroxylation is 2. The summed E-state index contributed by atoms with van der Waals surface area (Å²) < 4.78 is 18.0. The Bertz CT molecular complexity index is 1190. The van der Waals surface area contributed by atoms with Crippen LogP contribution in [0.25, 0.3) is 0 Å². The monoisotopic (exact) mass is 534 g/mol. The van der Waals surface area contributed by atoms with Gasteiger partial charge in [-0.1, -0.05) is 68.8 Å². The van der Waals surface area contributed by atoms with Crippen LogP contribution in [-0.2, 0) is 16.0 Å². The standard InChI is InChI=1S/C32H38O5S/c1-6-8-26-21-29(37-28-13-9-23(4)10-14-28)17-18-30(26)36-20-7-19-35-27-15-11-25(12-16-27)32(38-24(5)33)31(34)22(2)3/h9-18,21-22,32H,6-8,19-20H2,1-5H3. The minimum absolute atomic E-state index is 0.0493. The van der Waals surface area contributed by atoms with E-state index < -0.39 is 5.25 Å². The Hall–Kier alpha value is -3.25. The molecule has 0 spiro atoms. The summed E-state index contributed by atoms with van der Waals surface area (Å²) in [5.41, 5.74) is 3.14. The van der Waals surface area contributed by atoms with Gasteiger partial charge in [-0.15, -0.1) is 0 Å². The molecule has 6 heteroatoms. The molecule has 0 fully saturated rings. The number of carbonyl (C=O) groups excluding carboxylic acids is 2. The number of ketones is 1. The van der Waals surface area contributed by atoms with E-state index in [9.17, 15) is 9.59 Å². The van der Waals surface area contributed by atoms with E-state index in [2.05, 4.69) is 19.9 Å². The van der Waals surface area contributed by atoms with Crippen LogP contribution in [0.3, 0.4) is 0 Å². The number of benzene rings is 3. The van der Waals surface area contributed by atoms with Gasteiger partial charge in [-0.3, -0.25) is 9.59 Å². The second-order valence-corrected chi connectivity index (χ2v) is 10.9. The van der Waals surface area contributed by atoms with Crippen molar-refractivity contribution in [3.05, 3.63) is 83.4 Å². The Labute approximate surface area is 230 Å². The molecule has 0 radical (unpaired) electrons. The summed E-state index contributed by atoms with van der Waals surface area (Å²) in [5.74, 6) is 3.12. The van der Waals surface area contributed by atoms with Crippen molar-refractivity contribution in [3.63, 3.8) is 0 Å². The fraction of sp³-hybridized carbons (Fsp3) is 0.375. The maximum absolute atomic E-state index is 12.6. The number of hydrogen-bond acceptors (Lipinski definition) is 6. The number of ether oxygens (including phenoxy) is 3. The first kappa shape index (κ1) is 29.3. The Kier molecular flexibility index (Phi) is 11.3. The highest BCUT2D eigenvalue weighted by Crippen LogP contribution is 2.34. The van der Waals surface area contributed by atoms with Gasteiger partial charge < -0.3 is 14.2 Å². The summed E-state index contributed by atoms with van der Waals surface area (Å²) in [6.45, 7) is 10.4. The molecule has 202 valence electrons. The Morgan fingerprint density at radius 3 is 2.11 bits per heavy atom. The SMILES string of the molecule is CCCc1cc(Oc2ccc(C)cc2)ccc1OCCCOc1ccc(C(SC(C)=O)C(=O)C(C)C)cc1. The number of rotatable bonds is 14. The summed E-state index contributed by atoms with van der Waals surface area (Å²) in [6, 6.07) is 21.4. The van der Waals surface area contributed by atoms with Gasteiger partial charge in [-0.05, 0) is 66.9 Å². The van der Waals surface area contributed by atoms with Crippen molar-refractivity contribution >= 4 is 22.7 Å². The van der Waals surface area contributed by atoms with Crippen LogP contribution in [0.15, 0.2) is 66.7 Å². The van der Waals surface area contributed by atoms with E-state index in [4.69, 9.17) is 14.2 Å². The number of Topliss-reactive ketones (excluding diaryl/α,β-unsaturated/α-hetero) is 1. The third kappa shape index (κ3) is 8.95. The molecule has 0 aliphatic carbocycles. The molecular weight excluding hydrogens is 496 g/mol. The van der Waals surface area contributed by atoms with Gasteiger partial charge in [0.25, 0.3) is 0 Å².